The minimum Gasteiger partial charge on any atom is -0.330 e. The van der Waals surface area contributed by atoms with Crippen LogP contribution < -0.4 is 5.73 Å². The lowest BCUT2D eigenvalue weighted by Crippen LogP contribution is -2.50. The minimum atomic E-state index is -3.31. The van der Waals surface area contributed by atoms with Gasteiger partial charge in [0.1, 0.15) is 0 Å². The molecule has 0 aliphatic carbocycles. The predicted octanol–water partition coefficient (Wildman–Crippen LogP) is 0.878. The van der Waals surface area contributed by atoms with E-state index in [0.717, 1.165) is 12.8 Å². The van der Waals surface area contributed by atoms with Crippen LogP contribution >= 0.6 is 0 Å². The minimum absolute atomic E-state index is 0.0160. The highest BCUT2D eigenvalue weighted by Crippen LogP contribution is 2.22. The van der Waals surface area contributed by atoms with Crippen LogP contribution in [0.4, 0.5) is 0 Å². The Morgan fingerprint density at radius 1 is 1.28 bits per heavy atom. The Morgan fingerprint density at radius 2 is 1.78 bits per heavy atom. The zero-order valence-corrected chi connectivity index (χ0v) is 12.8. The highest BCUT2D eigenvalue weighted by Gasteiger charge is 2.33. The smallest absolute Gasteiger partial charge is 0.281 e. The van der Waals surface area contributed by atoms with Crippen LogP contribution in [-0.4, -0.2) is 49.8 Å². The molecule has 0 saturated carbocycles. The number of piperidine rings is 1. The van der Waals surface area contributed by atoms with Gasteiger partial charge in [-0.05, 0) is 38.1 Å². The van der Waals surface area contributed by atoms with Crippen molar-refractivity contribution in [3.63, 3.8) is 0 Å². The molecule has 0 bridgehead atoms. The Hall–Kier alpha value is -0.170. The van der Waals surface area contributed by atoms with Crippen LogP contribution in [-0.2, 0) is 10.2 Å². The molecule has 1 aliphatic heterocycles. The monoisotopic (exact) mass is 277 g/mol. The van der Waals surface area contributed by atoms with Crippen LogP contribution in [0.1, 0.15) is 33.6 Å². The van der Waals surface area contributed by atoms with Crippen molar-refractivity contribution >= 4 is 10.2 Å². The average Bonchev–Trinajstić information content (AvgIpc) is 2.36. The van der Waals surface area contributed by atoms with E-state index in [2.05, 4.69) is 0 Å². The van der Waals surface area contributed by atoms with Gasteiger partial charge in [-0.3, -0.25) is 0 Å². The first-order valence-electron chi connectivity index (χ1n) is 6.73. The van der Waals surface area contributed by atoms with Crippen molar-refractivity contribution in [2.75, 3.05) is 26.7 Å². The fourth-order valence-electron chi connectivity index (χ4n) is 2.19. The Bertz CT molecular complexity index is 348. The van der Waals surface area contributed by atoms with E-state index < -0.39 is 10.2 Å². The maximum absolute atomic E-state index is 12.4. The van der Waals surface area contributed by atoms with E-state index >= 15 is 0 Å². The van der Waals surface area contributed by atoms with Gasteiger partial charge in [-0.2, -0.15) is 17.0 Å². The van der Waals surface area contributed by atoms with Gasteiger partial charge < -0.3 is 5.73 Å². The quantitative estimate of drug-likeness (QED) is 0.811. The van der Waals surface area contributed by atoms with E-state index in [0.29, 0.717) is 31.5 Å². The van der Waals surface area contributed by atoms with E-state index in [9.17, 15) is 8.42 Å². The molecular weight excluding hydrogens is 250 g/mol. The second kappa shape index (κ2) is 6.32. The van der Waals surface area contributed by atoms with Crippen LogP contribution in [0.3, 0.4) is 0 Å². The Balaban J connectivity index is 2.70. The maximum atomic E-state index is 12.4. The molecule has 1 heterocycles. The zero-order valence-electron chi connectivity index (χ0n) is 12.0. The summed E-state index contributed by atoms with van der Waals surface area (Å²) in [6.45, 7) is 7.88. The van der Waals surface area contributed by atoms with Gasteiger partial charge in [-0.25, -0.2) is 0 Å². The third kappa shape index (κ3) is 3.44. The first-order chi connectivity index (χ1) is 8.30. The van der Waals surface area contributed by atoms with Crippen molar-refractivity contribution in [2.45, 2.75) is 39.7 Å². The van der Waals surface area contributed by atoms with Crippen molar-refractivity contribution < 1.29 is 8.42 Å². The third-order valence-corrected chi connectivity index (χ3v) is 6.21. The molecule has 5 nitrogen and oxygen atoms in total. The Kier molecular flexibility index (Phi) is 5.58. The van der Waals surface area contributed by atoms with Gasteiger partial charge in [-0.15, -0.1) is 0 Å². The van der Waals surface area contributed by atoms with Crippen molar-refractivity contribution in [2.24, 2.45) is 17.6 Å². The molecule has 1 atom stereocenters. The zero-order chi connectivity index (χ0) is 13.9. The summed E-state index contributed by atoms with van der Waals surface area (Å²) in [6.07, 6.45) is 1.75. The molecule has 0 amide bonds. The standard InChI is InChI=1S/C12H27N3O2S/c1-10(2)11(3)14(4)18(16,17)15-7-5-12(9-13)6-8-15/h10-12H,5-9,13H2,1-4H3. The molecule has 1 rings (SSSR count). The molecule has 0 spiro atoms. The molecule has 0 aromatic carbocycles. The largest absolute Gasteiger partial charge is 0.330 e. The van der Waals surface area contributed by atoms with E-state index in [-0.39, 0.29) is 6.04 Å². The summed E-state index contributed by atoms with van der Waals surface area (Å²) in [5, 5.41) is 0. The van der Waals surface area contributed by atoms with E-state index in [1.165, 1.54) is 4.31 Å². The van der Waals surface area contributed by atoms with Crippen molar-refractivity contribution in [3.8, 4) is 0 Å². The van der Waals surface area contributed by atoms with Crippen molar-refractivity contribution in [1.82, 2.24) is 8.61 Å². The average molecular weight is 277 g/mol. The van der Waals surface area contributed by atoms with Crippen LogP contribution in [0.5, 0.6) is 0 Å². The number of nitrogens with two attached hydrogens (primary N) is 1. The molecule has 1 fully saturated rings. The highest BCUT2D eigenvalue weighted by molar-refractivity contribution is 7.86. The summed E-state index contributed by atoms with van der Waals surface area (Å²) in [6, 6.07) is 0.0160. The number of hydrogen-bond acceptors (Lipinski definition) is 3. The van der Waals surface area contributed by atoms with Crippen LogP contribution in [0.2, 0.25) is 0 Å². The van der Waals surface area contributed by atoms with Gasteiger partial charge in [0.15, 0.2) is 0 Å². The topological polar surface area (TPSA) is 66.6 Å². The summed E-state index contributed by atoms with van der Waals surface area (Å²) >= 11 is 0. The molecule has 108 valence electrons. The molecule has 0 aromatic rings. The maximum Gasteiger partial charge on any atom is 0.281 e. The summed E-state index contributed by atoms with van der Waals surface area (Å²) in [4.78, 5) is 0. The van der Waals surface area contributed by atoms with E-state index in [4.69, 9.17) is 5.73 Å². The SMILES string of the molecule is CC(C)C(C)N(C)S(=O)(=O)N1CCC(CN)CC1. The van der Waals surface area contributed by atoms with Crippen LogP contribution in [0.15, 0.2) is 0 Å². The number of nitrogens with zero attached hydrogens (tertiary/aromatic N) is 2. The van der Waals surface area contributed by atoms with Gasteiger partial charge in [0.25, 0.3) is 10.2 Å². The van der Waals surface area contributed by atoms with Gasteiger partial charge >= 0.3 is 0 Å². The first-order valence-corrected chi connectivity index (χ1v) is 8.13. The molecule has 1 saturated heterocycles. The molecule has 1 aliphatic rings. The van der Waals surface area contributed by atoms with Gasteiger partial charge in [0.2, 0.25) is 0 Å². The van der Waals surface area contributed by atoms with Crippen LogP contribution in [0, 0.1) is 11.8 Å². The summed E-state index contributed by atoms with van der Waals surface area (Å²) < 4.78 is 28.0. The van der Waals surface area contributed by atoms with E-state index in [1.54, 1.807) is 11.4 Å². The predicted molar refractivity (Wildman–Crippen MR) is 74.3 cm³/mol. The number of rotatable bonds is 5. The first kappa shape index (κ1) is 15.9. The number of hydrogen-bond donors (Lipinski definition) is 1. The second-order valence-corrected chi connectivity index (χ2v) is 7.57. The normalized spacial score (nSPS) is 21.7. The molecule has 6 heteroatoms. The Morgan fingerprint density at radius 3 is 2.17 bits per heavy atom. The summed E-state index contributed by atoms with van der Waals surface area (Å²) in [5.74, 6) is 0.788. The van der Waals surface area contributed by atoms with Crippen molar-refractivity contribution in [3.05, 3.63) is 0 Å². The van der Waals surface area contributed by atoms with Crippen LogP contribution in [0.25, 0.3) is 0 Å². The highest BCUT2D eigenvalue weighted by atomic mass is 32.2. The lowest BCUT2D eigenvalue weighted by atomic mass is 9.99. The summed E-state index contributed by atoms with van der Waals surface area (Å²) in [5.41, 5.74) is 5.63. The molecule has 18 heavy (non-hydrogen) atoms. The lowest BCUT2D eigenvalue weighted by molar-refractivity contribution is 0.241. The van der Waals surface area contributed by atoms with E-state index in [1.807, 2.05) is 20.8 Å². The lowest BCUT2D eigenvalue weighted by Gasteiger charge is -2.36. The van der Waals surface area contributed by atoms with Gasteiger partial charge in [-0.1, -0.05) is 13.8 Å². The van der Waals surface area contributed by atoms with Gasteiger partial charge in [0, 0.05) is 26.2 Å². The Labute approximate surface area is 112 Å². The molecule has 0 radical (unpaired) electrons. The summed E-state index contributed by atoms with van der Waals surface area (Å²) in [7, 11) is -1.64. The molecule has 0 aromatic heterocycles. The molecule has 1 unspecified atom stereocenters. The molecule has 2 N–H and O–H groups in total. The second-order valence-electron chi connectivity index (χ2n) is 5.59. The fourth-order valence-corrected chi connectivity index (χ4v) is 3.89. The fraction of sp³-hybridized carbons (Fsp3) is 1.00. The third-order valence-electron chi connectivity index (χ3n) is 4.14. The van der Waals surface area contributed by atoms with Gasteiger partial charge in [0.05, 0.1) is 0 Å². The molecular formula is C12H27N3O2S. The van der Waals surface area contributed by atoms with Crippen molar-refractivity contribution in [1.29, 1.82) is 0 Å².